The minimum atomic E-state index is -0.511. The Labute approximate surface area is 152 Å². The molecule has 0 bridgehead atoms. The second-order valence-corrected chi connectivity index (χ2v) is 6.81. The number of carbonyl (C=O) groups excluding carboxylic acids is 1. The van der Waals surface area contributed by atoms with Gasteiger partial charge in [-0.1, -0.05) is 34.6 Å². The molecular formula is C18H24N4O4. The smallest absolute Gasteiger partial charge is 0.407 e. The van der Waals surface area contributed by atoms with Gasteiger partial charge in [0.1, 0.15) is 5.60 Å². The van der Waals surface area contributed by atoms with Crippen LogP contribution in [-0.2, 0) is 11.2 Å². The first-order valence-corrected chi connectivity index (χ1v) is 8.37. The summed E-state index contributed by atoms with van der Waals surface area (Å²) in [4.78, 5) is 15.9. The molecule has 8 nitrogen and oxygen atoms in total. The zero-order valence-corrected chi connectivity index (χ0v) is 15.4. The molecule has 0 saturated heterocycles. The summed E-state index contributed by atoms with van der Waals surface area (Å²) in [6.07, 6.45) is 0.772. The lowest BCUT2D eigenvalue weighted by Gasteiger charge is -2.19. The summed E-state index contributed by atoms with van der Waals surface area (Å²) < 4.78 is 10.4. The summed E-state index contributed by atoms with van der Waals surface area (Å²) in [5.74, 6) is 0.994. The maximum Gasteiger partial charge on any atom is 0.407 e. The van der Waals surface area contributed by atoms with Crippen molar-refractivity contribution in [2.45, 2.75) is 46.1 Å². The summed E-state index contributed by atoms with van der Waals surface area (Å²) in [6.45, 7) is 7.62. The number of rotatable bonds is 6. The Bertz CT molecular complexity index is 760. The van der Waals surface area contributed by atoms with Crippen LogP contribution in [0.25, 0.3) is 11.4 Å². The van der Waals surface area contributed by atoms with Crippen molar-refractivity contribution in [2.75, 3.05) is 6.54 Å². The molecule has 0 radical (unpaired) electrons. The van der Waals surface area contributed by atoms with Crippen LogP contribution < -0.4 is 5.32 Å². The average Bonchev–Trinajstić information content (AvgIpc) is 3.05. The molecule has 2 N–H and O–H groups in total. The molecule has 0 spiro atoms. The maximum absolute atomic E-state index is 11.5. The number of ether oxygens (including phenoxy) is 1. The monoisotopic (exact) mass is 360 g/mol. The van der Waals surface area contributed by atoms with Crippen LogP contribution in [0.4, 0.5) is 4.79 Å². The van der Waals surface area contributed by atoms with Crippen LogP contribution in [0.1, 0.15) is 45.6 Å². The average molecular weight is 360 g/mol. The number of aryl methyl sites for hydroxylation is 1. The quantitative estimate of drug-likeness (QED) is 0.354. The van der Waals surface area contributed by atoms with Crippen LogP contribution in [0.15, 0.2) is 33.9 Å². The fourth-order valence-corrected chi connectivity index (χ4v) is 2.14. The number of alkyl carbamates (subject to hydrolysis) is 1. The van der Waals surface area contributed by atoms with E-state index in [0.717, 1.165) is 11.1 Å². The minimum Gasteiger partial charge on any atom is -0.444 e. The number of nitrogens with zero attached hydrogens (tertiary/aromatic N) is 3. The number of aromatic nitrogens is 2. The van der Waals surface area contributed by atoms with Gasteiger partial charge in [-0.2, -0.15) is 4.98 Å². The fraction of sp³-hybridized carbons (Fsp3) is 0.444. The van der Waals surface area contributed by atoms with Gasteiger partial charge in [0.2, 0.25) is 11.7 Å². The normalized spacial score (nSPS) is 12.1. The lowest BCUT2D eigenvalue weighted by molar-refractivity contribution is 0.0527. The van der Waals surface area contributed by atoms with E-state index in [1.807, 2.05) is 45.0 Å². The van der Waals surface area contributed by atoms with Gasteiger partial charge in [0.15, 0.2) is 0 Å². The summed E-state index contributed by atoms with van der Waals surface area (Å²) in [6, 6.07) is 7.32. The highest BCUT2D eigenvalue weighted by Gasteiger charge is 2.15. The lowest BCUT2D eigenvalue weighted by Crippen LogP contribution is -2.33. The highest BCUT2D eigenvalue weighted by molar-refractivity contribution is 5.98. The minimum absolute atomic E-state index is 0.439. The van der Waals surface area contributed by atoms with Crippen molar-refractivity contribution in [3.05, 3.63) is 35.7 Å². The molecule has 1 aromatic carbocycles. The van der Waals surface area contributed by atoms with Gasteiger partial charge in [0, 0.05) is 18.5 Å². The molecule has 26 heavy (non-hydrogen) atoms. The molecule has 0 aliphatic carbocycles. The highest BCUT2D eigenvalue weighted by Crippen LogP contribution is 2.17. The van der Waals surface area contributed by atoms with E-state index in [1.54, 1.807) is 6.92 Å². The van der Waals surface area contributed by atoms with Gasteiger partial charge < -0.3 is 19.8 Å². The zero-order chi connectivity index (χ0) is 19.2. The molecule has 0 aliphatic rings. The number of carbonyl (C=O) groups is 1. The molecule has 0 aliphatic heterocycles. The number of benzene rings is 1. The van der Waals surface area contributed by atoms with E-state index >= 15 is 0 Å². The second kappa shape index (κ2) is 8.46. The largest absolute Gasteiger partial charge is 0.444 e. The van der Waals surface area contributed by atoms with E-state index in [0.29, 0.717) is 36.8 Å². The zero-order valence-electron chi connectivity index (χ0n) is 15.4. The Hall–Kier alpha value is -2.90. The molecule has 8 heteroatoms. The van der Waals surface area contributed by atoms with Crippen molar-refractivity contribution in [1.29, 1.82) is 0 Å². The van der Waals surface area contributed by atoms with Crippen LogP contribution in [0.3, 0.4) is 0 Å². The van der Waals surface area contributed by atoms with Gasteiger partial charge in [-0.25, -0.2) is 4.79 Å². The molecule has 1 amide bonds. The first-order chi connectivity index (χ1) is 12.3. The summed E-state index contributed by atoms with van der Waals surface area (Å²) >= 11 is 0. The third kappa shape index (κ3) is 5.87. The number of nitrogens with one attached hydrogen (secondary N) is 1. The Morgan fingerprint density at radius 2 is 2.00 bits per heavy atom. The van der Waals surface area contributed by atoms with E-state index in [9.17, 15) is 4.79 Å². The third-order valence-electron chi connectivity index (χ3n) is 3.41. The van der Waals surface area contributed by atoms with Crippen molar-refractivity contribution in [2.24, 2.45) is 5.16 Å². The fourth-order valence-electron chi connectivity index (χ4n) is 2.14. The third-order valence-corrected chi connectivity index (χ3v) is 3.41. The van der Waals surface area contributed by atoms with E-state index in [2.05, 4.69) is 20.6 Å². The van der Waals surface area contributed by atoms with Crippen molar-refractivity contribution in [1.82, 2.24) is 15.5 Å². The molecular weight excluding hydrogens is 336 g/mol. The number of hydrogen-bond donors (Lipinski definition) is 2. The van der Waals surface area contributed by atoms with Gasteiger partial charge in [-0.15, -0.1) is 0 Å². The summed E-state index contributed by atoms with van der Waals surface area (Å²) in [5, 5.41) is 18.6. The Morgan fingerprint density at radius 1 is 1.31 bits per heavy atom. The van der Waals surface area contributed by atoms with Crippen molar-refractivity contribution >= 4 is 11.8 Å². The van der Waals surface area contributed by atoms with E-state index in [4.69, 9.17) is 14.5 Å². The first-order valence-electron chi connectivity index (χ1n) is 8.37. The molecule has 140 valence electrons. The molecule has 0 atom stereocenters. The summed E-state index contributed by atoms with van der Waals surface area (Å²) in [7, 11) is 0. The SMILES string of the molecule is CC(=NO)c1ccc(-c2noc(CCCNC(=O)OC(C)(C)C)n2)cc1. The van der Waals surface area contributed by atoms with Crippen molar-refractivity contribution < 1.29 is 19.3 Å². The second-order valence-electron chi connectivity index (χ2n) is 6.81. The van der Waals surface area contributed by atoms with E-state index in [1.165, 1.54) is 0 Å². The lowest BCUT2D eigenvalue weighted by atomic mass is 10.1. The summed E-state index contributed by atoms with van der Waals surface area (Å²) in [5.41, 5.74) is 1.64. The Morgan fingerprint density at radius 3 is 2.62 bits per heavy atom. The van der Waals surface area contributed by atoms with Crippen molar-refractivity contribution in [3.8, 4) is 11.4 Å². The topological polar surface area (TPSA) is 110 Å². The Kier molecular flexibility index (Phi) is 6.32. The van der Waals surface area contributed by atoms with E-state index < -0.39 is 11.7 Å². The number of oxime groups is 1. The molecule has 0 unspecified atom stereocenters. The first kappa shape index (κ1) is 19.4. The molecule has 0 saturated carbocycles. The van der Waals surface area contributed by atoms with Gasteiger partial charge in [0.05, 0.1) is 5.71 Å². The van der Waals surface area contributed by atoms with Crippen LogP contribution in [0.5, 0.6) is 0 Å². The van der Waals surface area contributed by atoms with Gasteiger partial charge >= 0.3 is 6.09 Å². The highest BCUT2D eigenvalue weighted by atomic mass is 16.6. The van der Waals surface area contributed by atoms with Crippen LogP contribution in [0.2, 0.25) is 0 Å². The molecule has 0 fully saturated rings. The van der Waals surface area contributed by atoms with E-state index in [-0.39, 0.29) is 0 Å². The predicted molar refractivity (Wildman–Crippen MR) is 96.3 cm³/mol. The number of hydrogen-bond acceptors (Lipinski definition) is 7. The molecule has 1 aromatic heterocycles. The maximum atomic E-state index is 11.5. The van der Waals surface area contributed by atoms with Crippen LogP contribution in [0, 0.1) is 0 Å². The molecule has 1 heterocycles. The van der Waals surface area contributed by atoms with Crippen LogP contribution >= 0.6 is 0 Å². The Balaban J connectivity index is 1.83. The predicted octanol–water partition coefficient (Wildman–Crippen LogP) is 3.39. The number of amides is 1. The van der Waals surface area contributed by atoms with Gasteiger partial charge in [-0.3, -0.25) is 0 Å². The van der Waals surface area contributed by atoms with Gasteiger partial charge in [0.25, 0.3) is 0 Å². The standard InChI is InChI=1S/C18H24N4O4/c1-12(21-24)13-7-9-14(10-8-13)16-20-15(26-22-16)6-5-11-19-17(23)25-18(2,3)4/h7-10,24H,5-6,11H2,1-4H3,(H,19,23). The molecule has 2 rings (SSSR count). The van der Waals surface area contributed by atoms with Gasteiger partial charge in [-0.05, 0) is 39.7 Å². The van der Waals surface area contributed by atoms with Crippen molar-refractivity contribution in [3.63, 3.8) is 0 Å². The molecule has 2 aromatic rings. The van der Waals surface area contributed by atoms with Crippen LogP contribution in [-0.4, -0.2) is 39.3 Å².